The Morgan fingerprint density at radius 3 is 2.72 bits per heavy atom. The number of aromatic nitrogens is 2. The minimum atomic E-state index is -0.984. The second kappa shape index (κ2) is 5.80. The number of rotatable bonds is 4. The zero-order valence-electron chi connectivity index (χ0n) is 9.42. The van der Waals surface area contributed by atoms with Crippen LogP contribution in [0.4, 0.5) is 0 Å². The largest absolute Gasteiger partial charge is 0.390 e. The molecule has 96 valence electrons. The van der Waals surface area contributed by atoms with Crippen molar-refractivity contribution in [3.05, 3.63) is 35.2 Å². The Bertz CT molecular complexity index is 551. The Morgan fingerprint density at radius 2 is 2.00 bits per heavy atom. The maximum Gasteiger partial charge on any atom is 0.140 e. The van der Waals surface area contributed by atoms with Crippen LogP contribution in [0.3, 0.4) is 0 Å². The van der Waals surface area contributed by atoms with Gasteiger partial charge in [0.05, 0.1) is 11.6 Å². The van der Waals surface area contributed by atoms with Crippen LogP contribution in [-0.2, 0) is 0 Å². The van der Waals surface area contributed by atoms with E-state index in [4.69, 9.17) is 23.2 Å². The van der Waals surface area contributed by atoms with Crippen LogP contribution >= 0.6 is 23.2 Å². The van der Waals surface area contributed by atoms with Crippen molar-refractivity contribution in [2.24, 2.45) is 0 Å². The SMILES string of the molecule is OC(CCCl)C(O)c1ccc2c(Cl)ncnc2c1. The molecule has 0 aliphatic rings. The summed E-state index contributed by atoms with van der Waals surface area (Å²) in [6.07, 6.45) is -0.194. The molecule has 0 radical (unpaired) electrons. The van der Waals surface area contributed by atoms with Crippen LogP contribution in [-0.4, -0.2) is 32.2 Å². The predicted molar refractivity (Wildman–Crippen MR) is 70.9 cm³/mol. The van der Waals surface area contributed by atoms with E-state index in [0.29, 0.717) is 33.9 Å². The number of hydrogen-bond acceptors (Lipinski definition) is 4. The lowest BCUT2D eigenvalue weighted by molar-refractivity contribution is 0.0171. The van der Waals surface area contributed by atoms with Crippen molar-refractivity contribution in [3.63, 3.8) is 0 Å². The van der Waals surface area contributed by atoms with Crippen LogP contribution in [0.5, 0.6) is 0 Å². The molecule has 0 bridgehead atoms. The summed E-state index contributed by atoms with van der Waals surface area (Å²) in [5, 5.41) is 20.7. The van der Waals surface area contributed by atoms with Gasteiger partial charge in [-0.05, 0) is 24.1 Å². The molecule has 0 fully saturated rings. The molecule has 1 aromatic carbocycles. The van der Waals surface area contributed by atoms with E-state index in [1.54, 1.807) is 18.2 Å². The molecule has 0 spiro atoms. The summed E-state index contributed by atoms with van der Waals surface area (Å²) in [5.41, 5.74) is 1.21. The summed E-state index contributed by atoms with van der Waals surface area (Å²) in [6, 6.07) is 5.11. The van der Waals surface area contributed by atoms with Crippen LogP contribution in [0.2, 0.25) is 5.15 Å². The van der Waals surface area contributed by atoms with E-state index in [1.807, 2.05) is 0 Å². The maximum atomic E-state index is 9.96. The fourth-order valence-electron chi connectivity index (χ4n) is 1.72. The van der Waals surface area contributed by atoms with Gasteiger partial charge in [-0.25, -0.2) is 9.97 Å². The number of benzene rings is 1. The highest BCUT2D eigenvalue weighted by molar-refractivity contribution is 6.34. The van der Waals surface area contributed by atoms with Gasteiger partial charge >= 0.3 is 0 Å². The van der Waals surface area contributed by atoms with E-state index in [1.165, 1.54) is 6.33 Å². The summed E-state index contributed by atoms with van der Waals surface area (Å²) in [4.78, 5) is 7.95. The Kier molecular flexibility index (Phi) is 4.35. The standard InChI is InChI=1S/C12H12Cl2N2O2/c13-4-3-10(17)11(18)7-1-2-8-9(5-7)15-6-16-12(8)14/h1-2,5-6,10-11,17-18H,3-4H2. The van der Waals surface area contributed by atoms with Crippen LogP contribution in [0.15, 0.2) is 24.5 Å². The molecule has 0 saturated carbocycles. The van der Waals surface area contributed by atoms with Crippen LogP contribution in [0.1, 0.15) is 18.1 Å². The molecule has 1 aromatic heterocycles. The van der Waals surface area contributed by atoms with E-state index in [2.05, 4.69) is 9.97 Å². The Hall–Kier alpha value is -0.940. The predicted octanol–water partition coefficient (Wildman–Crippen LogP) is 2.31. The fourth-order valence-corrected chi connectivity index (χ4v) is 2.14. The van der Waals surface area contributed by atoms with Gasteiger partial charge in [0.2, 0.25) is 0 Å². The lowest BCUT2D eigenvalue weighted by atomic mass is 10.0. The first-order valence-electron chi connectivity index (χ1n) is 5.45. The molecule has 4 nitrogen and oxygen atoms in total. The number of halogens is 2. The van der Waals surface area contributed by atoms with Gasteiger partial charge in [0.15, 0.2) is 0 Å². The van der Waals surface area contributed by atoms with Gasteiger partial charge in [-0.15, -0.1) is 11.6 Å². The Labute approximate surface area is 114 Å². The van der Waals surface area contributed by atoms with Gasteiger partial charge in [0, 0.05) is 11.3 Å². The zero-order valence-corrected chi connectivity index (χ0v) is 10.9. The molecule has 2 atom stereocenters. The average Bonchev–Trinajstić information content (AvgIpc) is 2.38. The fraction of sp³-hybridized carbons (Fsp3) is 0.333. The third-order valence-electron chi connectivity index (χ3n) is 2.72. The van der Waals surface area contributed by atoms with Crippen LogP contribution < -0.4 is 0 Å². The third kappa shape index (κ3) is 2.72. The topological polar surface area (TPSA) is 66.2 Å². The normalized spacial score (nSPS) is 14.7. The molecule has 2 unspecified atom stereocenters. The lowest BCUT2D eigenvalue weighted by Gasteiger charge is -2.17. The minimum Gasteiger partial charge on any atom is -0.390 e. The van der Waals surface area contributed by atoms with Crippen molar-refractivity contribution in [1.82, 2.24) is 9.97 Å². The molecule has 1 heterocycles. The smallest absolute Gasteiger partial charge is 0.140 e. The monoisotopic (exact) mass is 286 g/mol. The molecule has 2 rings (SSSR count). The van der Waals surface area contributed by atoms with Gasteiger partial charge in [0.25, 0.3) is 0 Å². The van der Waals surface area contributed by atoms with Gasteiger partial charge in [0.1, 0.15) is 17.6 Å². The maximum absolute atomic E-state index is 9.96. The van der Waals surface area contributed by atoms with Crippen molar-refractivity contribution < 1.29 is 10.2 Å². The van der Waals surface area contributed by atoms with Crippen molar-refractivity contribution in [1.29, 1.82) is 0 Å². The van der Waals surface area contributed by atoms with E-state index in [-0.39, 0.29) is 0 Å². The average molecular weight is 287 g/mol. The van der Waals surface area contributed by atoms with Crippen LogP contribution in [0.25, 0.3) is 10.9 Å². The van der Waals surface area contributed by atoms with Crippen molar-refractivity contribution >= 4 is 34.1 Å². The van der Waals surface area contributed by atoms with E-state index < -0.39 is 12.2 Å². The highest BCUT2D eigenvalue weighted by atomic mass is 35.5. The number of aliphatic hydroxyl groups excluding tert-OH is 2. The first kappa shape index (κ1) is 13.5. The first-order chi connectivity index (χ1) is 8.63. The number of hydrogen-bond donors (Lipinski definition) is 2. The third-order valence-corrected chi connectivity index (χ3v) is 3.24. The van der Waals surface area contributed by atoms with Crippen LogP contribution in [0, 0.1) is 0 Å². The van der Waals surface area contributed by atoms with E-state index in [9.17, 15) is 10.2 Å². The molecule has 6 heteroatoms. The molecule has 0 aliphatic heterocycles. The lowest BCUT2D eigenvalue weighted by Crippen LogP contribution is -2.18. The first-order valence-corrected chi connectivity index (χ1v) is 6.37. The summed E-state index contributed by atoms with van der Waals surface area (Å²) < 4.78 is 0. The quantitative estimate of drug-likeness (QED) is 0.669. The molecule has 0 aliphatic carbocycles. The second-order valence-electron chi connectivity index (χ2n) is 3.93. The second-order valence-corrected chi connectivity index (χ2v) is 4.67. The Morgan fingerprint density at radius 1 is 1.22 bits per heavy atom. The van der Waals surface area contributed by atoms with E-state index >= 15 is 0 Å². The number of alkyl halides is 1. The van der Waals surface area contributed by atoms with E-state index in [0.717, 1.165) is 0 Å². The summed E-state index contributed by atoms with van der Waals surface area (Å²) in [5.74, 6) is 0.291. The van der Waals surface area contributed by atoms with Crippen molar-refractivity contribution in [2.75, 3.05) is 5.88 Å². The molecular weight excluding hydrogens is 275 g/mol. The Balaban J connectivity index is 2.35. The van der Waals surface area contributed by atoms with Gasteiger partial charge in [-0.3, -0.25) is 0 Å². The molecule has 2 aromatic rings. The molecule has 2 N–H and O–H groups in total. The van der Waals surface area contributed by atoms with Crippen molar-refractivity contribution in [2.45, 2.75) is 18.6 Å². The number of nitrogens with zero attached hydrogens (tertiary/aromatic N) is 2. The van der Waals surface area contributed by atoms with Crippen molar-refractivity contribution in [3.8, 4) is 0 Å². The highest BCUT2D eigenvalue weighted by Crippen LogP contribution is 2.25. The molecule has 0 saturated heterocycles. The van der Waals surface area contributed by atoms with Gasteiger partial charge < -0.3 is 10.2 Å². The summed E-state index contributed by atoms with van der Waals surface area (Å²) in [6.45, 7) is 0. The van der Waals surface area contributed by atoms with Gasteiger partial charge in [-0.2, -0.15) is 0 Å². The number of fused-ring (bicyclic) bond motifs is 1. The highest BCUT2D eigenvalue weighted by Gasteiger charge is 2.18. The molecule has 18 heavy (non-hydrogen) atoms. The molecular formula is C12H12Cl2N2O2. The number of aliphatic hydroxyl groups is 2. The molecule has 0 amide bonds. The zero-order chi connectivity index (χ0) is 13.1. The van der Waals surface area contributed by atoms with Gasteiger partial charge in [-0.1, -0.05) is 17.7 Å². The summed E-state index contributed by atoms with van der Waals surface area (Å²) in [7, 11) is 0. The summed E-state index contributed by atoms with van der Waals surface area (Å²) >= 11 is 11.5. The minimum absolute atomic E-state index is 0.291.